The molecule has 1 unspecified atom stereocenters. The van der Waals surface area contributed by atoms with E-state index in [1.54, 1.807) is 25.1 Å². The highest BCUT2D eigenvalue weighted by Gasteiger charge is 2.20. The van der Waals surface area contributed by atoms with Gasteiger partial charge < -0.3 is 5.11 Å². The molecular formula is C15H25NO3S. The van der Waals surface area contributed by atoms with E-state index in [2.05, 4.69) is 11.6 Å². The zero-order valence-electron chi connectivity index (χ0n) is 12.5. The molecule has 0 fully saturated rings. The van der Waals surface area contributed by atoms with Gasteiger partial charge >= 0.3 is 0 Å². The van der Waals surface area contributed by atoms with Gasteiger partial charge in [-0.05, 0) is 37.5 Å². The monoisotopic (exact) mass is 299 g/mol. The first-order valence-electron chi connectivity index (χ1n) is 7.14. The van der Waals surface area contributed by atoms with Gasteiger partial charge in [0.1, 0.15) is 0 Å². The summed E-state index contributed by atoms with van der Waals surface area (Å²) < 4.78 is 27.5. The van der Waals surface area contributed by atoms with Crippen molar-refractivity contribution in [3.05, 3.63) is 29.3 Å². The van der Waals surface area contributed by atoms with Gasteiger partial charge in [0.2, 0.25) is 10.0 Å². The molecule has 0 aromatic heterocycles. The van der Waals surface area contributed by atoms with E-state index >= 15 is 0 Å². The van der Waals surface area contributed by atoms with Crippen molar-refractivity contribution in [3.8, 4) is 0 Å². The summed E-state index contributed by atoms with van der Waals surface area (Å²) in [4.78, 5) is 0.256. The lowest BCUT2D eigenvalue weighted by Gasteiger charge is -2.16. The number of rotatable bonds is 8. The first-order chi connectivity index (χ1) is 9.42. The first-order valence-corrected chi connectivity index (χ1v) is 8.62. The van der Waals surface area contributed by atoms with Crippen LogP contribution >= 0.6 is 0 Å². The van der Waals surface area contributed by atoms with E-state index < -0.39 is 10.0 Å². The zero-order chi connectivity index (χ0) is 15.2. The molecular weight excluding hydrogens is 274 g/mol. The molecule has 5 heteroatoms. The molecule has 2 N–H and O–H groups in total. The molecule has 20 heavy (non-hydrogen) atoms. The Hall–Kier alpha value is -0.910. The van der Waals surface area contributed by atoms with Gasteiger partial charge in [0.05, 0.1) is 11.5 Å². The van der Waals surface area contributed by atoms with Crippen molar-refractivity contribution in [1.29, 1.82) is 0 Å². The summed E-state index contributed by atoms with van der Waals surface area (Å²) in [6, 6.07) is 4.90. The highest BCUT2D eigenvalue weighted by Crippen LogP contribution is 2.19. The molecule has 0 radical (unpaired) electrons. The third kappa shape index (κ3) is 4.58. The lowest BCUT2D eigenvalue weighted by molar-refractivity contribution is 0.280. The minimum atomic E-state index is -3.52. The Labute approximate surface area is 122 Å². The second-order valence-corrected chi connectivity index (χ2v) is 6.90. The number of aliphatic hydroxyl groups is 1. The summed E-state index contributed by atoms with van der Waals surface area (Å²) in [5, 5.41) is 9.22. The smallest absolute Gasteiger partial charge is 0.241 e. The van der Waals surface area contributed by atoms with Crippen LogP contribution in [-0.2, 0) is 16.6 Å². The van der Waals surface area contributed by atoms with Crippen LogP contribution in [-0.4, -0.2) is 19.6 Å². The molecule has 0 bridgehead atoms. The highest BCUT2D eigenvalue weighted by molar-refractivity contribution is 7.89. The molecule has 1 aromatic carbocycles. The third-order valence-corrected chi connectivity index (χ3v) is 5.19. The van der Waals surface area contributed by atoms with E-state index in [9.17, 15) is 13.5 Å². The van der Waals surface area contributed by atoms with E-state index in [1.165, 1.54) is 0 Å². The van der Waals surface area contributed by atoms with Gasteiger partial charge in [-0.25, -0.2) is 13.1 Å². The van der Waals surface area contributed by atoms with E-state index in [0.717, 1.165) is 25.7 Å². The summed E-state index contributed by atoms with van der Waals surface area (Å²) in [5.74, 6) is 0. The fourth-order valence-electron chi connectivity index (χ4n) is 2.21. The van der Waals surface area contributed by atoms with Gasteiger partial charge in [0.25, 0.3) is 0 Å². The molecule has 1 atom stereocenters. The maximum absolute atomic E-state index is 12.4. The predicted octanol–water partition coefficient (Wildman–Crippen LogP) is 2.73. The molecule has 1 aromatic rings. The van der Waals surface area contributed by atoms with Crippen molar-refractivity contribution in [2.24, 2.45) is 0 Å². The lowest BCUT2D eigenvalue weighted by atomic mass is 10.1. The van der Waals surface area contributed by atoms with Crippen LogP contribution in [0.4, 0.5) is 0 Å². The van der Waals surface area contributed by atoms with Gasteiger partial charge in [-0.2, -0.15) is 0 Å². The topological polar surface area (TPSA) is 66.4 Å². The Morgan fingerprint density at radius 3 is 2.60 bits per heavy atom. The maximum Gasteiger partial charge on any atom is 0.241 e. The number of sulfonamides is 1. The minimum Gasteiger partial charge on any atom is -0.392 e. The second-order valence-electron chi connectivity index (χ2n) is 5.22. The SMILES string of the molecule is CCCCCC(C)NS(=O)(=O)c1cccc(CO)c1C. The van der Waals surface area contributed by atoms with Gasteiger partial charge in [-0.15, -0.1) is 0 Å². The van der Waals surface area contributed by atoms with Crippen LogP contribution in [0.25, 0.3) is 0 Å². The zero-order valence-corrected chi connectivity index (χ0v) is 13.3. The van der Waals surface area contributed by atoms with Gasteiger partial charge in [-0.1, -0.05) is 38.3 Å². The maximum atomic E-state index is 12.4. The van der Waals surface area contributed by atoms with Crippen LogP contribution in [0.2, 0.25) is 0 Å². The summed E-state index contributed by atoms with van der Waals surface area (Å²) in [5.41, 5.74) is 1.26. The van der Waals surface area contributed by atoms with E-state index in [1.807, 2.05) is 6.92 Å². The van der Waals surface area contributed by atoms with Gasteiger partial charge in [0, 0.05) is 6.04 Å². The Morgan fingerprint density at radius 1 is 1.30 bits per heavy atom. The average molecular weight is 299 g/mol. The molecule has 0 aliphatic carbocycles. The molecule has 4 nitrogen and oxygen atoms in total. The number of unbranched alkanes of at least 4 members (excludes halogenated alkanes) is 2. The van der Waals surface area contributed by atoms with Crippen molar-refractivity contribution in [3.63, 3.8) is 0 Å². The predicted molar refractivity (Wildman–Crippen MR) is 81.0 cm³/mol. The number of hydrogen-bond donors (Lipinski definition) is 2. The molecule has 0 saturated heterocycles. The quantitative estimate of drug-likeness (QED) is 0.725. The van der Waals surface area contributed by atoms with Gasteiger partial charge in [-0.3, -0.25) is 0 Å². The standard InChI is InChI=1S/C15H25NO3S/c1-4-5-6-8-12(2)16-20(18,19)15-10-7-9-14(11-17)13(15)3/h7,9-10,12,16-17H,4-6,8,11H2,1-3H3. The normalized spacial score (nSPS) is 13.4. The number of hydrogen-bond acceptors (Lipinski definition) is 3. The van der Waals surface area contributed by atoms with Crippen molar-refractivity contribution in [1.82, 2.24) is 4.72 Å². The second kappa shape index (κ2) is 7.76. The van der Waals surface area contributed by atoms with Crippen molar-refractivity contribution in [2.75, 3.05) is 0 Å². The van der Waals surface area contributed by atoms with E-state index in [4.69, 9.17) is 0 Å². The first kappa shape index (κ1) is 17.1. The number of benzene rings is 1. The molecule has 0 heterocycles. The van der Waals surface area contributed by atoms with Crippen LogP contribution in [0.1, 0.15) is 50.7 Å². The molecule has 1 rings (SSSR count). The fraction of sp³-hybridized carbons (Fsp3) is 0.600. The molecule has 0 saturated carbocycles. The van der Waals surface area contributed by atoms with Crippen LogP contribution in [0.3, 0.4) is 0 Å². The fourth-order valence-corrected chi connectivity index (χ4v) is 3.78. The molecule has 0 amide bonds. The summed E-state index contributed by atoms with van der Waals surface area (Å²) in [6.45, 7) is 5.58. The number of nitrogens with one attached hydrogen (secondary N) is 1. The van der Waals surface area contributed by atoms with Crippen molar-refractivity contribution < 1.29 is 13.5 Å². The van der Waals surface area contributed by atoms with Crippen LogP contribution in [0.5, 0.6) is 0 Å². The summed E-state index contributed by atoms with van der Waals surface area (Å²) >= 11 is 0. The Morgan fingerprint density at radius 2 is 2.00 bits per heavy atom. The summed E-state index contributed by atoms with van der Waals surface area (Å²) in [6.07, 6.45) is 4.10. The number of aliphatic hydroxyl groups excluding tert-OH is 1. The average Bonchev–Trinajstić information content (AvgIpc) is 2.38. The highest BCUT2D eigenvalue weighted by atomic mass is 32.2. The van der Waals surface area contributed by atoms with Gasteiger partial charge in [0.15, 0.2) is 0 Å². The van der Waals surface area contributed by atoms with Crippen LogP contribution < -0.4 is 4.72 Å². The van der Waals surface area contributed by atoms with Crippen LogP contribution in [0, 0.1) is 6.92 Å². The molecule has 0 aliphatic rings. The molecule has 114 valence electrons. The largest absolute Gasteiger partial charge is 0.392 e. The van der Waals surface area contributed by atoms with Crippen molar-refractivity contribution >= 4 is 10.0 Å². The molecule has 0 spiro atoms. The Kier molecular flexibility index (Phi) is 6.65. The Bertz CT molecular complexity index is 526. The lowest BCUT2D eigenvalue weighted by Crippen LogP contribution is -2.33. The molecule has 0 aliphatic heterocycles. The van der Waals surface area contributed by atoms with E-state index in [0.29, 0.717) is 11.1 Å². The van der Waals surface area contributed by atoms with E-state index in [-0.39, 0.29) is 17.5 Å². The summed E-state index contributed by atoms with van der Waals surface area (Å²) in [7, 11) is -3.52. The minimum absolute atomic E-state index is 0.0799. The third-order valence-electron chi connectivity index (χ3n) is 3.45. The van der Waals surface area contributed by atoms with Crippen LogP contribution in [0.15, 0.2) is 23.1 Å². The van der Waals surface area contributed by atoms with Crippen molar-refractivity contribution in [2.45, 2.75) is 64.0 Å². The Balaban J connectivity index is 2.84.